The Kier molecular flexibility index (Phi) is 18.3. The number of hydrogen-bond donors (Lipinski definition) is 0. The van der Waals surface area contributed by atoms with Crippen LogP contribution in [0.5, 0.6) is 0 Å². The smallest absolute Gasteiger partial charge is 0.150 e. The van der Waals surface area contributed by atoms with Gasteiger partial charge in [0.05, 0.1) is 0 Å². The predicted octanol–water partition coefficient (Wildman–Crippen LogP) is 13.3. The second-order valence-corrected chi connectivity index (χ2v) is 15.2. The molecule has 60 heavy (non-hydrogen) atoms. The van der Waals surface area contributed by atoms with E-state index < -0.39 is 0 Å². The van der Waals surface area contributed by atoms with Gasteiger partial charge in [-0.15, -0.1) is 0 Å². The molecule has 0 radical (unpaired) electrons. The standard InChI is InChI=1S/C56H60N2O2/c1-5-9-37-57(38-10-6-2)55-33-25-47(26-34-55)23-31-53-41-52(30-22-46-15-19-50(44-60)20-16-46)54(42-51(53)29-21-45-13-17-49(43-59)18-14-45)32-24-48-27-35-56(36-28-48)58(39-11-7-3)40-12-8-4/h13-20,23-28,31-36,41-44H,5-12,37-40H2,1-4H3/b31-23+,32-24+. The molecule has 0 atom stereocenters. The van der Waals surface area contributed by atoms with Gasteiger partial charge < -0.3 is 9.80 Å². The Hall–Kier alpha value is -6.36. The molecule has 5 rings (SSSR count). The zero-order valence-electron chi connectivity index (χ0n) is 36.1. The van der Waals surface area contributed by atoms with Gasteiger partial charge >= 0.3 is 0 Å². The molecule has 0 aromatic heterocycles. The minimum atomic E-state index is 0.618. The third-order valence-electron chi connectivity index (χ3n) is 10.6. The van der Waals surface area contributed by atoms with Crippen LogP contribution >= 0.6 is 0 Å². The van der Waals surface area contributed by atoms with Crippen LogP contribution in [0.4, 0.5) is 11.4 Å². The third kappa shape index (κ3) is 13.9. The van der Waals surface area contributed by atoms with Gasteiger partial charge in [-0.05, 0) is 109 Å². The van der Waals surface area contributed by atoms with Crippen LogP contribution in [0.1, 0.15) is 144 Å². The second kappa shape index (κ2) is 24.5. The SMILES string of the molecule is CCCCN(CCCC)c1ccc(/C=C/c2cc(C#Cc3ccc(C=O)cc3)c(/C=C/c3ccc(N(CCCC)CCCC)cc3)cc2C#Cc2ccc(C=O)cc2)cc1. The second-order valence-electron chi connectivity index (χ2n) is 15.2. The number of unbranched alkanes of at least 4 members (excludes halogenated alkanes) is 4. The van der Waals surface area contributed by atoms with E-state index in [-0.39, 0.29) is 0 Å². The van der Waals surface area contributed by atoms with E-state index in [0.29, 0.717) is 11.1 Å². The van der Waals surface area contributed by atoms with Gasteiger partial charge in [0.25, 0.3) is 0 Å². The minimum Gasteiger partial charge on any atom is -0.372 e. The highest BCUT2D eigenvalue weighted by atomic mass is 16.1. The Balaban J connectivity index is 1.56. The van der Waals surface area contributed by atoms with Crippen molar-refractivity contribution in [1.29, 1.82) is 0 Å². The molecule has 0 fully saturated rings. The summed E-state index contributed by atoms with van der Waals surface area (Å²) in [6.45, 7) is 13.3. The monoisotopic (exact) mass is 792 g/mol. The molecule has 0 amide bonds. The van der Waals surface area contributed by atoms with Crippen molar-refractivity contribution in [1.82, 2.24) is 0 Å². The summed E-state index contributed by atoms with van der Waals surface area (Å²) in [5.74, 6) is 13.6. The Morgan fingerprint density at radius 1 is 0.400 bits per heavy atom. The average Bonchev–Trinajstić information content (AvgIpc) is 3.30. The fourth-order valence-electron chi connectivity index (χ4n) is 6.79. The molecule has 4 nitrogen and oxygen atoms in total. The summed E-state index contributed by atoms with van der Waals surface area (Å²) in [6.07, 6.45) is 19.7. The van der Waals surface area contributed by atoms with Crippen LogP contribution in [0.2, 0.25) is 0 Å². The van der Waals surface area contributed by atoms with E-state index >= 15 is 0 Å². The topological polar surface area (TPSA) is 40.6 Å². The molecule has 0 heterocycles. The summed E-state index contributed by atoms with van der Waals surface area (Å²) in [5, 5.41) is 0. The van der Waals surface area contributed by atoms with Crippen LogP contribution < -0.4 is 9.80 Å². The molecule has 5 aromatic rings. The molecule has 0 saturated heterocycles. The molecule has 4 heteroatoms. The molecule has 0 saturated carbocycles. The summed E-state index contributed by atoms with van der Waals surface area (Å²) in [6, 6.07) is 36.6. The van der Waals surface area contributed by atoms with Gasteiger partial charge in [-0.3, -0.25) is 9.59 Å². The molecule has 0 aliphatic heterocycles. The van der Waals surface area contributed by atoms with Crippen molar-refractivity contribution in [3.8, 4) is 23.7 Å². The summed E-state index contributed by atoms with van der Waals surface area (Å²) in [7, 11) is 0. The van der Waals surface area contributed by atoms with Crippen LogP contribution in [0, 0.1) is 23.7 Å². The van der Waals surface area contributed by atoms with E-state index in [4.69, 9.17) is 0 Å². The lowest BCUT2D eigenvalue weighted by Crippen LogP contribution is -2.25. The quantitative estimate of drug-likeness (QED) is 0.0447. The molecule has 0 bridgehead atoms. The molecule has 5 aromatic carbocycles. The van der Waals surface area contributed by atoms with Gasteiger partial charge in [-0.2, -0.15) is 0 Å². The predicted molar refractivity (Wildman–Crippen MR) is 257 cm³/mol. The zero-order valence-corrected chi connectivity index (χ0v) is 36.1. The highest BCUT2D eigenvalue weighted by Gasteiger charge is 2.09. The van der Waals surface area contributed by atoms with Crippen molar-refractivity contribution >= 4 is 48.3 Å². The summed E-state index contributed by atoms with van der Waals surface area (Å²) in [4.78, 5) is 27.6. The van der Waals surface area contributed by atoms with E-state index in [1.807, 2.05) is 24.3 Å². The molecule has 0 unspecified atom stereocenters. The van der Waals surface area contributed by atoms with Crippen molar-refractivity contribution in [3.05, 3.63) is 165 Å². The summed E-state index contributed by atoms with van der Waals surface area (Å²) >= 11 is 0. The average molecular weight is 793 g/mol. The molecule has 0 N–H and O–H groups in total. The number of carbonyl (C=O) groups is 2. The van der Waals surface area contributed by atoms with Crippen LogP contribution in [0.15, 0.2) is 109 Å². The summed E-state index contributed by atoms with van der Waals surface area (Å²) in [5.41, 5.74) is 11.2. The Bertz CT molecular complexity index is 2110. The van der Waals surface area contributed by atoms with Gasteiger partial charge in [0.2, 0.25) is 0 Å². The van der Waals surface area contributed by atoms with E-state index in [1.54, 1.807) is 24.3 Å². The fraction of sp³-hybridized carbons (Fsp3) is 0.286. The molecular formula is C56H60N2O2. The number of rotatable bonds is 20. The van der Waals surface area contributed by atoms with Gasteiger partial charge in [0, 0.05) is 70.9 Å². The maximum absolute atomic E-state index is 11.3. The Morgan fingerprint density at radius 2 is 0.717 bits per heavy atom. The zero-order chi connectivity index (χ0) is 42.4. The van der Waals surface area contributed by atoms with Crippen LogP contribution in [0.25, 0.3) is 24.3 Å². The number of hydrogen-bond acceptors (Lipinski definition) is 4. The van der Waals surface area contributed by atoms with Crippen molar-refractivity contribution in [2.75, 3.05) is 36.0 Å². The molecular weight excluding hydrogens is 733 g/mol. The molecule has 0 spiro atoms. The van der Waals surface area contributed by atoms with E-state index in [2.05, 4.69) is 146 Å². The molecule has 306 valence electrons. The van der Waals surface area contributed by atoms with Gasteiger partial charge in [-0.25, -0.2) is 0 Å². The largest absolute Gasteiger partial charge is 0.372 e. The third-order valence-corrected chi connectivity index (χ3v) is 10.6. The number of aldehydes is 2. The lowest BCUT2D eigenvalue weighted by atomic mass is 9.96. The van der Waals surface area contributed by atoms with Crippen molar-refractivity contribution in [3.63, 3.8) is 0 Å². The lowest BCUT2D eigenvalue weighted by molar-refractivity contribution is 0.111. The number of carbonyl (C=O) groups excluding carboxylic acids is 2. The van der Waals surface area contributed by atoms with Gasteiger partial charge in [0.1, 0.15) is 12.6 Å². The first-order valence-corrected chi connectivity index (χ1v) is 21.9. The van der Waals surface area contributed by atoms with Crippen LogP contribution in [0.3, 0.4) is 0 Å². The van der Waals surface area contributed by atoms with Gasteiger partial charge in [0.15, 0.2) is 0 Å². The maximum Gasteiger partial charge on any atom is 0.150 e. The first kappa shape index (κ1) is 44.7. The lowest BCUT2D eigenvalue weighted by Gasteiger charge is -2.24. The normalized spacial score (nSPS) is 10.9. The first-order valence-electron chi connectivity index (χ1n) is 21.9. The van der Waals surface area contributed by atoms with Crippen LogP contribution in [-0.2, 0) is 0 Å². The minimum absolute atomic E-state index is 0.618. The van der Waals surface area contributed by atoms with E-state index in [1.165, 1.54) is 62.7 Å². The maximum atomic E-state index is 11.3. The first-order chi connectivity index (χ1) is 29.5. The number of benzene rings is 5. The van der Waals surface area contributed by atoms with Crippen molar-refractivity contribution in [2.24, 2.45) is 0 Å². The molecule has 0 aliphatic carbocycles. The molecule has 0 aliphatic rings. The van der Waals surface area contributed by atoms with Crippen molar-refractivity contribution < 1.29 is 9.59 Å². The van der Waals surface area contributed by atoms with Crippen molar-refractivity contribution in [2.45, 2.75) is 79.1 Å². The highest BCUT2D eigenvalue weighted by Crippen LogP contribution is 2.25. The van der Waals surface area contributed by atoms with Crippen LogP contribution in [-0.4, -0.2) is 38.8 Å². The van der Waals surface area contributed by atoms with Gasteiger partial charge in [-0.1, -0.05) is 150 Å². The fourth-order valence-corrected chi connectivity index (χ4v) is 6.79. The Morgan fingerprint density at radius 3 is 1.02 bits per heavy atom. The highest BCUT2D eigenvalue weighted by molar-refractivity contribution is 5.80. The van der Waals surface area contributed by atoms with E-state index in [9.17, 15) is 9.59 Å². The number of anilines is 2. The summed E-state index contributed by atoms with van der Waals surface area (Å²) < 4.78 is 0. The Labute approximate surface area is 360 Å². The van der Waals surface area contributed by atoms with E-state index in [0.717, 1.165) is 83.3 Å². The number of nitrogens with zero attached hydrogens (tertiary/aromatic N) is 2.